The van der Waals surface area contributed by atoms with Crippen LogP contribution in [0.25, 0.3) is 0 Å². The lowest BCUT2D eigenvalue weighted by atomic mass is 10.1. The third kappa shape index (κ3) is 3.66. The summed E-state index contributed by atoms with van der Waals surface area (Å²) in [6.45, 7) is 4.72. The normalized spacial score (nSPS) is 18.8. The quantitative estimate of drug-likeness (QED) is 0.827. The maximum Gasteiger partial charge on any atom is 0.255 e. The van der Waals surface area contributed by atoms with Crippen LogP contribution in [-0.4, -0.2) is 65.0 Å². The second-order valence-electron chi connectivity index (χ2n) is 6.61. The number of aromatic nitrogens is 3. The van der Waals surface area contributed by atoms with Crippen molar-refractivity contribution in [3.63, 3.8) is 0 Å². The SMILES string of the molecule is O=C(c1ccc(C2CNNC2)nc1)N1CCCN(c2ncccn2)CC1. The third-order valence-electron chi connectivity index (χ3n) is 4.89. The number of pyridine rings is 1. The number of hydrogen-bond donors (Lipinski definition) is 2. The summed E-state index contributed by atoms with van der Waals surface area (Å²) in [7, 11) is 0. The molecule has 2 saturated heterocycles. The van der Waals surface area contributed by atoms with E-state index in [1.165, 1.54) is 0 Å². The fourth-order valence-corrected chi connectivity index (χ4v) is 3.40. The van der Waals surface area contributed by atoms with Crippen LogP contribution in [0.2, 0.25) is 0 Å². The largest absolute Gasteiger partial charge is 0.339 e. The van der Waals surface area contributed by atoms with E-state index in [1.807, 2.05) is 23.1 Å². The number of rotatable bonds is 3. The van der Waals surface area contributed by atoms with Gasteiger partial charge in [0.2, 0.25) is 5.95 Å². The molecule has 26 heavy (non-hydrogen) atoms. The molecule has 8 heteroatoms. The highest BCUT2D eigenvalue weighted by atomic mass is 16.2. The Labute approximate surface area is 152 Å². The lowest BCUT2D eigenvalue weighted by molar-refractivity contribution is 0.0766. The van der Waals surface area contributed by atoms with E-state index in [0.29, 0.717) is 18.0 Å². The van der Waals surface area contributed by atoms with Crippen molar-refractivity contribution in [2.75, 3.05) is 44.2 Å². The first-order valence-corrected chi connectivity index (χ1v) is 9.04. The van der Waals surface area contributed by atoms with E-state index in [4.69, 9.17) is 0 Å². The fraction of sp³-hybridized carbons (Fsp3) is 0.444. The molecule has 2 aliphatic heterocycles. The fourth-order valence-electron chi connectivity index (χ4n) is 3.40. The van der Waals surface area contributed by atoms with Gasteiger partial charge in [0.1, 0.15) is 0 Å². The molecule has 2 aromatic rings. The monoisotopic (exact) mass is 353 g/mol. The van der Waals surface area contributed by atoms with Crippen molar-refractivity contribution in [1.29, 1.82) is 0 Å². The number of carbonyl (C=O) groups excluding carboxylic acids is 1. The van der Waals surface area contributed by atoms with E-state index in [-0.39, 0.29) is 5.91 Å². The zero-order chi connectivity index (χ0) is 17.8. The van der Waals surface area contributed by atoms with Gasteiger partial charge in [0.25, 0.3) is 5.91 Å². The predicted molar refractivity (Wildman–Crippen MR) is 97.7 cm³/mol. The van der Waals surface area contributed by atoms with Crippen molar-refractivity contribution >= 4 is 11.9 Å². The molecule has 2 N–H and O–H groups in total. The molecule has 1 amide bonds. The zero-order valence-electron chi connectivity index (χ0n) is 14.6. The van der Waals surface area contributed by atoms with Gasteiger partial charge in [0, 0.05) is 69.5 Å². The van der Waals surface area contributed by atoms with Crippen molar-refractivity contribution < 1.29 is 4.79 Å². The third-order valence-corrected chi connectivity index (χ3v) is 4.89. The van der Waals surface area contributed by atoms with Crippen molar-refractivity contribution in [1.82, 2.24) is 30.7 Å². The van der Waals surface area contributed by atoms with Crippen molar-refractivity contribution in [3.05, 3.63) is 48.0 Å². The molecule has 2 aliphatic rings. The molecular formula is C18H23N7O. The van der Waals surface area contributed by atoms with Crippen LogP contribution in [0.4, 0.5) is 5.95 Å². The Bertz CT molecular complexity index is 731. The molecule has 0 aliphatic carbocycles. The summed E-state index contributed by atoms with van der Waals surface area (Å²) in [5.74, 6) is 1.13. The summed E-state index contributed by atoms with van der Waals surface area (Å²) in [6.07, 6.45) is 6.10. The number of anilines is 1. The van der Waals surface area contributed by atoms with Crippen LogP contribution in [0.3, 0.4) is 0 Å². The Hall–Kier alpha value is -2.58. The average Bonchev–Trinajstić information content (AvgIpc) is 3.13. The van der Waals surface area contributed by atoms with Crippen LogP contribution in [-0.2, 0) is 0 Å². The Balaban J connectivity index is 1.40. The molecule has 4 heterocycles. The number of nitrogens with one attached hydrogen (secondary N) is 2. The molecule has 0 saturated carbocycles. The van der Waals surface area contributed by atoms with Gasteiger partial charge in [-0.3, -0.25) is 20.6 Å². The molecule has 0 unspecified atom stereocenters. The zero-order valence-corrected chi connectivity index (χ0v) is 14.6. The predicted octanol–water partition coefficient (Wildman–Crippen LogP) is 0.416. The van der Waals surface area contributed by atoms with Crippen LogP contribution >= 0.6 is 0 Å². The lowest BCUT2D eigenvalue weighted by Gasteiger charge is -2.22. The number of nitrogens with zero attached hydrogens (tertiary/aromatic N) is 5. The van der Waals surface area contributed by atoms with Crippen molar-refractivity contribution in [3.8, 4) is 0 Å². The summed E-state index contributed by atoms with van der Waals surface area (Å²) < 4.78 is 0. The van der Waals surface area contributed by atoms with Gasteiger partial charge in [0.05, 0.1) is 5.56 Å². The van der Waals surface area contributed by atoms with Crippen molar-refractivity contribution in [2.45, 2.75) is 12.3 Å². The van der Waals surface area contributed by atoms with Crippen LogP contribution in [0.1, 0.15) is 28.4 Å². The summed E-state index contributed by atoms with van der Waals surface area (Å²) in [4.78, 5) is 30.0. The van der Waals surface area contributed by atoms with Gasteiger partial charge < -0.3 is 9.80 Å². The summed E-state index contributed by atoms with van der Waals surface area (Å²) in [5, 5.41) is 0. The molecule has 136 valence electrons. The Morgan fingerprint density at radius 3 is 2.54 bits per heavy atom. The van der Waals surface area contributed by atoms with E-state index in [9.17, 15) is 4.79 Å². The van der Waals surface area contributed by atoms with E-state index in [2.05, 4.69) is 30.7 Å². The second-order valence-corrected chi connectivity index (χ2v) is 6.61. The summed E-state index contributed by atoms with van der Waals surface area (Å²) in [6, 6.07) is 5.67. The van der Waals surface area contributed by atoms with E-state index >= 15 is 0 Å². The first kappa shape index (κ1) is 16.9. The molecule has 0 aromatic carbocycles. The molecule has 8 nitrogen and oxygen atoms in total. The molecule has 2 aromatic heterocycles. The first-order chi connectivity index (χ1) is 12.8. The molecule has 0 spiro atoms. The molecule has 0 radical (unpaired) electrons. The van der Waals surface area contributed by atoms with Gasteiger partial charge in [0.15, 0.2) is 0 Å². The van der Waals surface area contributed by atoms with Gasteiger partial charge in [-0.25, -0.2) is 9.97 Å². The number of hydrazine groups is 1. The lowest BCUT2D eigenvalue weighted by Crippen LogP contribution is -2.35. The number of carbonyl (C=O) groups is 1. The molecule has 2 fully saturated rings. The minimum Gasteiger partial charge on any atom is -0.339 e. The Kier molecular flexibility index (Phi) is 5.03. The van der Waals surface area contributed by atoms with Gasteiger partial charge >= 0.3 is 0 Å². The smallest absolute Gasteiger partial charge is 0.255 e. The highest BCUT2D eigenvalue weighted by molar-refractivity contribution is 5.94. The molecule has 0 atom stereocenters. The van der Waals surface area contributed by atoms with Crippen LogP contribution in [0.15, 0.2) is 36.8 Å². The minimum absolute atomic E-state index is 0.0440. The van der Waals surface area contributed by atoms with E-state index in [0.717, 1.165) is 50.8 Å². The minimum atomic E-state index is 0.0440. The number of hydrogen-bond acceptors (Lipinski definition) is 7. The molecule has 4 rings (SSSR count). The van der Waals surface area contributed by atoms with Gasteiger partial charge in [-0.05, 0) is 24.6 Å². The first-order valence-electron chi connectivity index (χ1n) is 9.04. The highest BCUT2D eigenvalue weighted by Crippen LogP contribution is 2.16. The number of amides is 1. The van der Waals surface area contributed by atoms with Crippen LogP contribution in [0, 0.1) is 0 Å². The maximum absolute atomic E-state index is 12.8. The van der Waals surface area contributed by atoms with Crippen molar-refractivity contribution in [2.24, 2.45) is 0 Å². The molecular weight excluding hydrogens is 330 g/mol. The topological polar surface area (TPSA) is 86.3 Å². The van der Waals surface area contributed by atoms with Crippen LogP contribution < -0.4 is 15.8 Å². The standard InChI is InChI=1S/C18H23N7O/c26-17(14-3-4-16(21-11-14)15-12-22-23-13-15)24-7-2-8-25(10-9-24)18-19-5-1-6-20-18/h1,3-6,11,15,22-23H,2,7-10,12-13H2. The highest BCUT2D eigenvalue weighted by Gasteiger charge is 2.23. The average molecular weight is 353 g/mol. The Morgan fingerprint density at radius 1 is 1.00 bits per heavy atom. The van der Waals surface area contributed by atoms with Crippen LogP contribution in [0.5, 0.6) is 0 Å². The summed E-state index contributed by atoms with van der Waals surface area (Å²) >= 11 is 0. The molecule has 0 bridgehead atoms. The summed E-state index contributed by atoms with van der Waals surface area (Å²) in [5.41, 5.74) is 7.87. The van der Waals surface area contributed by atoms with E-state index in [1.54, 1.807) is 18.6 Å². The van der Waals surface area contributed by atoms with E-state index < -0.39 is 0 Å². The van der Waals surface area contributed by atoms with Gasteiger partial charge in [-0.1, -0.05) is 0 Å². The second kappa shape index (κ2) is 7.76. The van der Waals surface area contributed by atoms with Gasteiger partial charge in [-0.2, -0.15) is 0 Å². The van der Waals surface area contributed by atoms with Gasteiger partial charge in [-0.15, -0.1) is 0 Å². The maximum atomic E-state index is 12.8. The Morgan fingerprint density at radius 2 is 1.81 bits per heavy atom.